The van der Waals surface area contributed by atoms with Gasteiger partial charge in [-0.05, 0) is 29.6 Å². The first-order valence-electron chi connectivity index (χ1n) is 4.28. The minimum Gasteiger partial charge on any atom is -0.254 e. The van der Waals surface area contributed by atoms with Crippen molar-refractivity contribution in [3.8, 4) is 0 Å². The molecule has 1 heterocycles. The molecule has 2 rings (SSSR count). The molecule has 0 saturated heterocycles. The van der Waals surface area contributed by atoms with Crippen LogP contribution >= 0.6 is 34.5 Å². The second kappa shape index (κ2) is 4.79. The third-order valence-corrected chi connectivity index (χ3v) is 3.14. The van der Waals surface area contributed by atoms with Crippen LogP contribution in [0.15, 0.2) is 40.7 Å². The lowest BCUT2D eigenvalue weighted by molar-refractivity contribution is 1.54. The van der Waals surface area contributed by atoms with Gasteiger partial charge in [0.25, 0.3) is 0 Å². The quantitative estimate of drug-likeness (QED) is 0.684. The maximum absolute atomic E-state index is 5.97. The molecule has 0 spiro atoms. The number of halogens is 2. The molecule has 2 aromatic rings. The number of nitrogens with zero attached hydrogens (tertiary/aromatic N) is 1. The van der Waals surface area contributed by atoms with E-state index >= 15 is 0 Å². The van der Waals surface area contributed by atoms with E-state index in [0.717, 1.165) is 4.88 Å². The monoisotopic (exact) mass is 255 g/mol. The van der Waals surface area contributed by atoms with Crippen molar-refractivity contribution in [2.45, 2.75) is 0 Å². The summed E-state index contributed by atoms with van der Waals surface area (Å²) in [6.07, 6.45) is 1.78. The van der Waals surface area contributed by atoms with Gasteiger partial charge >= 0.3 is 0 Å². The first-order valence-corrected chi connectivity index (χ1v) is 5.92. The zero-order valence-corrected chi connectivity index (χ0v) is 9.98. The Kier molecular flexibility index (Phi) is 3.41. The topological polar surface area (TPSA) is 12.4 Å². The van der Waals surface area contributed by atoms with Crippen LogP contribution in [0.3, 0.4) is 0 Å². The number of benzene rings is 1. The molecule has 1 aromatic heterocycles. The molecule has 1 nitrogen and oxygen atoms in total. The first-order chi connectivity index (χ1) is 7.25. The molecular formula is C11H7Cl2NS. The fourth-order valence-corrected chi connectivity index (χ4v) is 2.00. The summed E-state index contributed by atoms with van der Waals surface area (Å²) in [5.74, 6) is 0. The highest BCUT2D eigenvalue weighted by Crippen LogP contribution is 2.28. The molecule has 0 radical (unpaired) electrons. The molecule has 76 valence electrons. The molecule has 0 aliphatic rings. The van der Waals surface area contributed by atoms with Gasteiger partial charge in [0.05, 0.1) is 10.7 Å². The van der Waals surface area contributed by atoms with E-state index in [1.807, 2.05) is 17.5 Å². The number of thiophene rings is 1. The van der Waals surface area contributed by atoms with Gasteiger partial charge in [0, 0.05) is 16.1 Å². The van der Waals surface area contributed by atoms with Crippen molar-refractivity contribution in [2.24, 2.45) is 4.99 Å². The van der Waals surface area contributed by atoms with Crippen LogP contribution in [0.2, 0.25) is 10.0 Å². The third-order valence-electron chi connectivity index (χ3n) is 1.78. The molecule has 15 heavy (non-hydrogen) atoms. The highest BCUT2D eigenvalue weighted by atomic mass is 35.5. The van der Waals surface area contributed by atoms with E-state index in [2.05, 4.69) is 4.99 Å². The van der Waals surface area contributed by atoms with Crippen LogP contribution < -0.4 is 0 Å². The van der Waals surface area contributed by atoms with Crippen LogP contribution in [-0.4, -0.2) is 6.21 Å². The molecule has 0 N–H and O–H groups in total. The maximum Gasteiger partial charge on any atom is 0.0831 e. The van der Waals surface area contributed by atoms with Crippen molar-refractivity contribution in [1.29, 1.82) is 0 Å². The van der Waals surface area contributed by atoms with Gasteiger partial charge in [-0.1, -0.05) is 29.3 Å². The van der Waals surface area contributed by atoms with E-state index < -0.39 is 0 Å². The number of rotatable bonds is 2. The zero-order chi connectivity index (χ0) is 10.7. The van der Waals surface area contributed by atoms with E-state index in [9.17, 15) is 0 Å². The van der Waals surface area contributed by atoms with Gasteiger partial charge in [0.1, 0.15) is 0 Å². The van der Waals surface area contributed by atoms with Crippen LogP contribution in [0.1, 0.15) is 4.88 Å². The lowest BCUT2D eigenvalue weighted by Gasteiger charge is -1.97. The Morgan fingerprint density at radius 1 is 1.20 bits per heavy atom. The molecule has 0 saturated carbocycles. The van der Waals surface area contributed by atoms with Crippen molar-refractivity contribution in [1.82, 2.24) is 0 Å². The largest absolute Gasteiger partial charge is 0.254 e. The van der Waals surface area contributed by atoms with E-state index in [1.165, 1.54) is 0 Å². The van der Waals surface area contributed by atoms with Gasteiger partial charge < -0.3 is 0 Å². The molecule has 0 fully saturated rings. The van der Waals surface area contributed by atoms with Crippen LogP contribution in [0.4, 0.5) is 5.69 Å². The molecule has 0 aliphatic carbocycles. The van der Waals surface area contributed by atoms with Crippen LogP contribution in [0, 0.1) is 0 Å². The van der Waals surface area contributed by atoms with Crippen molar-refractivity contribution < 1.29 is 0 Å². The molecule has 0 atom stereocenters. The van der Waals surface area contributed by atoms with Crippen molar-refractivity contribution in [3.05, 3.63) is 50.6 Å². The average molecular weight is 256 g/mol. The summed E-state index contributed by atoms with van der Waals surface area (Å²) in [6.45, 7) is 0. The van der Waals surface area contributed by atoms with E-state index in [-0.39, 0.29) is 0 Å². The highest BCUT2D eigenvalue weighted by Gasteiger charge is 1.98. The SMILES string of the molecule is Clc1ccc(Cl)c(N=Cc2cccs2)c1. The van der Waals surface area contributed by atoms with Gasteiger partial charge in [-0.2, -0.15) is 0 Å². The minimum absolute atomic E-state index is 0.604. The summed E-state index contributed by atoms with van der Waals surface area (Å²) < 4.78 is 0. The fourth-order valence-electron chi connectivity index (χ4n) is 1.08. The fraction of sp³-hybridized carbons (Fsp3) is 0. The van der Waals surface area contributed by atoms with Crippen molar-refractivity contribution >= 4 is 46.4 Å². The lowest BCUT2D eigenvalue weighted by atomic mass is 10.3. The van der Waals surface area contributed by atoms with Crippen molar-refractivity contribution in [3.63, 3.8) is 0 Å². The maximum atomic E-state index is 5.97. The Morgan fingerprint density at radius 3 is 2.80 bits per heavy atom. The molecule has 0 amide bonds. The first kappa shape index (κ1) is 10.7. The second-order valence-electron chi connectivity index (χ2n) is 2.87. The van der Waals surface area contributed by atoms with E-state index in [1.54, 1.807) is 35.8 Å². The van der Waals surface area contributed by atoms with E-state index in [4.69, 9.17) is 23.2 Å². The Hall–Kier alpha value is -0.830. The lowest BCUT2D eigenvalue weighted by Crippen LogP contribution is -1.73. The predicted molar refractivity (Wildman–Crippen MR) is 68.0 cm³/mol. The normalized spacial score (nSPS) is 11.1. The van der Waals surface area contributed by atoms with Gasteiger partial charge in [-0.15, -0.1) is 11.3 Å². The molecule has 0 unspecified atom stereocenters. The zero-order valence-electron chi connectivity index (χ0n) is 7.65. The summed E-state index contributed by atoms with van der Waals surface area (Å²) >= 11 is 13.4. The van der Waals surface area contributed by atoms with Gasteiger partial charge in [0.15, 0.2) is 0 Å². The Morgan fingerprint density at radius 2 is 2.07 bits per heavy atom. The van der Waals surface area contributed by atoms with Gasteiger partial charge in [0.2, 0.25) is 0 Å². The average Bonchev–Trinajstić information content (AvgIpc) is 2.72. The summed E-state index contributed by atoms with van der Waals surface area (Å²) in [7, 11) is 0. The van der Waals surface area contributed by atoms with Crippen LogP contribution in [-0.2, 0) is 0 Å². The van der Waals surface area contributed by atoms with Gasteiger partial charge in [-0.3, -0.25) is 4.99 Å². The standard InChI is InChI=1S/C11H7Cl2NS/c12-8-3-4-10(13)11(6-8)14-7-9-2-1-5-15-9/h1-7H. The minimum atomic E-state index is 0.604. The number of aliphatic imine (C=N–C) groups is 1. The smallest absolute Gasteiger partial charge is 0.0831 e. The Bertz CT molecular complexity index is 477. The number of hydrogen-bond donors (Lipinski definition) is 0. The molecule has 0 aliphatic heterocycles. The molecule has 1 aromatic carbocycles. The summed E-state index contributed by atoms with van der Waals surface area (Å²) in [4.78, 5) is 5.37. The summed E-state index contributed by atoms with van der Waals surface area (Å²) in [5, 5.41) is 3.24. The van der Waals surface area contributed by atoms with Crippen molar-refractivity contribution in [2.75, 3.05) is 0 Å². The Balaban J connectivity index is 2.27. The second-order valence-corrected chi connectivity index (χ2v) is 4.69. The predicted octanol–water partition coefficient (Wildman–Crippen LogP) is 4.81. The van der Waals surface area contributed by atoms with E-state index in [0.29, 0.717) is 15.7 Å². The highest BCUT2D eigenvalue weighted by molar-refractivity contribution is 7.11. The molecule has 0 bridgehead atoms. The number of hydrogen-bond acceptors (Lipinski definition) is 2. The third kappa shape index (κ3) is 2.81. The summed E-state index contributed by atoms with van der Waals surface area (Å²) in [5.41, 5.74) is 0.692. The molecule has 4 heteroatoms. The molecular weight excluding hydrogens is 249 g/mol. The summed E-state index contributed by atoms with van der Waals surface area (Å²) in [6, 6.07) is 9.20. The van der Waals surface area contributed by atoms with Gasteiger partial charge in [-0.25, -0.2) is 0 Å². The van der Waals surface area contributed by atoms with Crippen LogP contribution in [0.25, 0.3) is 0 Å². The van der Waals surface area contributed by atoms with Crippen LogP contribution in [0.5, 0.6) is 0 Å². The Labute approximate surface area is 102 Å².